The number of fused-ring (bicyclic) bond motifs is 1. The average molecular weight is 406 g/mol. The Morgan fingerprint density at radius 2 is 1.70 bits per heavy atom. The van der Waals surface area contributed by atoms with Gasteiger partial charge in [0.2, 0.25) is 5.91 Å². The first-order chi connectivity index (χ1) is 14.6. The smallest absolute Gasteiger partial charge is 0.246 e. The van der Waals surface area contributed by atoms with Crippen molar-refractivity contribution in [2.45, 2.75) is 12.6 Å². The molecule has 154 valence electrons. The quantitative estimate of drug-likeness (QED) is 0.659. The van der Waals surface area contributed by atoms with Crippen molar-refractivity contribution in [1.82, 2.24) is 4.90 Å². The number of anilines is 1. The first-order valence-corrected chi connectivity index (χ1v) is 9.80. The maximum absolute atomic E-state index is 13.2. The molecule has 4 rings (SSSR count). The van der Waals surface area contributed by atoms with Gasteiger partial charge in [0.05, 0.1) is 0 Å². The Hall–Kier alpha value is -3.38. The van der Waals surface area contributed by atoms with Crippen LogP contribution in [-0.4, -0.2) is 31.1 Å². The molecule has 0 aromatic heterocycles. The monoisotopic (exact) mass is 406 g/mol. The van der Waals surface area contributed by atoms with E-state index in [0.717, 1.165) is 22.6 Å². The maximum atomic E-state index is 13.2. The number of nitrogens with one attached hydrogen (secondary N) is 1. The molecular weight excluding hydrogens is 383 g/mol. The van der Waals surface area contributed by atoms with Gasteiger partial charge in [0.1, 0.15) is 25.1 Å². The molecule has 0 radical (unpaired) electrons. The summed E-state index contributed by atoms with van der Waals surface area (Å²) in [5.41, 5.74) is 2.43. The van der Waals surface area contributed by atoms with E-state index < -0.39 is 6.04 Å². The van der Waals surface area contributed by atoms with E-state index in [-0.39, 0.29) is 11.7 Å². The summed E-state index contributed by atoms with van der Waals surface area (Å²) in [6, 6.07) is 20.6. The summed E-state index contributed by atoms with van der Waals surface area (Å²) in [6.45, 7) is 1.61. The highest BCUT2D eigenvalue weighted by Gasteiger charge is 2.26. The second-order valence-corrected chi connectivity index (χ2v) is 7.20. The van der Waals surface area contributed by atoms with Gasteiger partial charge in [-0.25, -0.2) is 4.39 Å². The number of nitrogens with zero attached hydrogens (tertiary/aromatic N) is 1. The summed E-state index contributed by atoms with van der Waals surface area (Å²) in [5.74, 6) is 0.927. The van der Waals surface area contributed by atoms with Crippen molar-refractivity contribution in [3.05, 3.63) is 89.7 Å². The van der Waals surface area contributed by atoms with Crippen molar-refractivity contribution in [2.24, 2.45) is 0 Å². The van der Waals surface area contributed by atoms with Crippen LogP contribution in [0.2, 0.25) is 0 Å². The lowest BCUT2D eigenvalue weighted by Gasteiger charge is -2.28. The normalized spacial score (nSPS) is 13.7. The maximum Gasteiger partial charge on any atom is 0.246 e. The Morgan fingerprint density at radius 3 is 2.43 bits per heavy atom. The lowest BCUT2D eigenvalue weighted by molar-refractivity contribution is -0.121. The van der Waals surface area contributed by atoms with Crippen molar-refractivity contribution in [2.75, 3.05) is 25.6 Å². The van der Waals surface area contributed by atoms with Gasteiger partial charge in [0, 0.05) is 12.2 Å². The van der Waals surface area contributed by atoms with E-state index in [1.807, 2.05) is 60.5 Å². The molecule has 1 unspecified atom stereocenters. The molecule has 1 N–H and O–H groups in total. The number of likely N-dealkylation sites (N-methyl/N-ethyl adjacent to an activating group) is 1. The van der Waals surface area contributed by atoms with Gasteiger partial charge in [-0.3, -0.25) is 9.69 Å². The molecule has 5 nitrogen and oxygen atoms in total. The molecule has 0 bridgehead atoms. The van der Waals surface area contributed by atoms with Crippen LogP contribution in [0.25, 0.3) is 0 Å². The summed E-state index contributed by atoms with van der Waals surface area (Å²) in [6.07, 6.45) is 0. The molecular formula is C24H23FN2O3. The number of hydrogen-bond acceptors (Lipinski definition) is 4. The van der Waals surface area contributed by atoms with Gasteiger partial charge < -0.3 is 14.8 Å². The summed E-state index contributed by atoms with van der Waals surface area (Å²) >= 11 is 0. The Kier molecular flexibility index (Phi) is 5.95. The van der Waals surface area contributed by atoms with E-state index in [9.17, 15) is 9.18 Å². The van der Waals surface area contributed by atoms with Crippen LogP contribution in [0.3, 0.4) is 0 Å². The largest absolute Gasteiger partial charge is 0.486 e. The van der Waals surface area contributed by atoms with Crippen molar-refractivity contribution >= 4 is 11.6 Å². The van der Waals surface area contributed by atoms with Gasteiger partial charge in [0.25, 0.3) is 0 Å². The molecule has 1 heterocycles. The lowest BCUT2D eigenvalue weighted by atomic mass is 10.0. The van der Waals surface area contributed by atoms with E-state index in [4.69, 9.17) is 9.47 Å². The highest BCUT2D eigenvalue weighted by molar-refractivity contribution is 5.95. The first kappa shape index (κ1) is 19.9. The molecule has 0 saturated carbocycles. The molecule has 30 heavy (non-hydrogen) atoms. The molecule has 6 heteroatoms. The molecule has 0 fully saturated rings. The minimum atomic E-state index is -0.524. The van der Waals surface area contributed by atoms with Crippen LogP contribution >= 0.6 is 0 Å². The third kappa shape index (κ3) is 4.60. The second kappa shape index (κ2) is 8.97. The minimum Gasteiger partial charge on any atom is -0.486 e. The second-order valence-electron chi connectivity index (χ2n) is 7.20. The number of carbonyl (C=O) groups is 1. The Balaban J connectivity index is 1.56. The lowest BCUT2D eigenvalue weighted by Crippen LogP contribution is -2.34. The predicted molar refractivity (Wildman–Crippen MR) is 113 cm³/mol. The fourth-order valence-electron chi connectivity index (χ4n) is 3.55. The molecule has 0 aliphatic carbocycles. The number of rotatable bonds is 6. The van der Waals surface area contributed by atoms with Crippen LogP contribution in [-0.2, 0) is 11.3 Å². The van der Waals surface area contributed by atoms with Crippen molar-refractivity contribution in [1.29, 1.82) is 0 Å². The fourth-order valence-corrected chi connectivity index (χ4v) is 3.55. The van der Waals surface area contributed by atoms with Crippen molar-refractivity contribution in [3.8, 4) is 11.5 Å². The topological polar surface area (TPSA) is 50.8 Å². The number of amides is 1. The SMILES string of the molecule is CN(Cc1ccc2c(c1)OCCO2)C(C(=O)Nc1ccc(F)cc1)c1ccccc1. The molecule has 3 aromatic carbocycles. The minimum absolute atomic E-state index is 0.187. The van der Waals surface area contributed by atoms with E-state index in [2.05, 4.69) is 5.32 Å². The van der Waals surface area contributed by atoms with Crippen LogP contribution < -0.4 is 14.8 Å². The van der Waals surface area contributed by atoms with Crippen LogP contribution in [0.4, 0.5) is 10.1 Å². The molecule has 1 atom stereocenters. The van der Waals surface area contributed by atoms with Crippen LogP contribution in [0, 0.1) is 5.82 Å². The third-order valence-corrected chi connectivity index (χ3v) is 4.95. The highest BCUT2D eigenvalue weighted by atomic mass is 19.1. The van der Waals surface area contributed by atoms with Crippen molar-refractivity contribution in [3.63, 3.8) is 0 Å². The van der Waals surface area contributed by atoms with Crippen LogP contribution in [0.5, 0.6) is 11.5 Å². The van der Waals surface area contributed by atoms with Gasteiger partial charge in [-0.2, -0.15) is 0 Å². The average Bonchev–Trinajstić information content (AvgIpc) is 2.76. The number of benzene rings is 3. The van der Waals surface area contributed by atoms with E-state index in [1.54, 1.807) is 12.1 Å². The highest BCUT2D eigenvalue weighted by Crippen LogP contribution is 2.32. The molecule has 1 aliphatic rings. The summed E-state index contributed by atoms with van der Waals surface area (Å²) in [4.78, 5) is 15.1. The summed E-state index contributed by atoms with van der Waals surface area (Å²) in [7, 11) is 1.90. The Bertz CT molecular complexity index is 1010. The third-order valence-electron chi connectivity index (χ3n) is 4.95. The van der Waals surface area contributed by atoms with Gasteiger partial charge in [-0.05, 0) is 54.6 Å². The van der Waals surface area contributed by atoms with Crippen molar-refractivity contribution < 1.29 is 18.7 Å². The fraction of sp³-hybridized carbons (Fsp3) is 0.208. The molecule has 0 spiro atoms. The van der Waals surface area contributed by atoms with E-state index in [1.165, 1.54) is 12.1 Å². The number of hydrogen-bond donors (Lipinski definition) is 1. The zero-order valence-corrected chi connectivity index (χ0v) is 16.7. The van der Waals surface area contributed by atoms with Gasteiger partial charge in [-0.15, -0.1) is 0 Å². The first-order valence-electron chi connectivity index (χ1n) is 9.80. The van der Waals surface area contributed by atoms with Crippen LogP contribution in [0.1, 0.15) is 17.2 Å². The predicted octanol–water partition coefficient (Wildman–Crippen LogP) is 4.41. The van der Waals surface area contributed by atoms with E-state index in [0.29, 0.717) is 25.4 Å². The van der Waals surface area contributed by atoms with Gasteiger partial charge >= 0.3 is 0 Å². The molecule has 3 aromatic rings. The zero-order valence-electron chi connectivity index (χ0n) is 16.7. The molecule has 1 aliphatic heterocycles. The molecule has 0 saturated heterocycles. The summed E-state index contributed by atoms with van der Waals surface area (Å²) in [5, 5.41) is 2.89. The Labute approximate surface area is 175 Å². The van der Waals surface area contributed by atoms with E-state index >= 15 is 0 Å². The van der Waals surface area contributed by atoms with Gasteiger partial charge in [0.15, 0.2) is 11.5 Å². The Morgan fingerprint density at radius 1 is 1.00 bits per heavy atom. The number of halogens is 1. The molecule has 1 amide bonds. The zero-order chi connectivity index (χ0) is 20.9. The number of carbonyl (C=O) groups excluding carboxylic acids is 1. The number of ether oxygens (including phenoxy) is 2. The van der Waals surface area contributed by atoms with Gasteiger partial charge in [-0.1, -0.05) is 36.4 Å². The van der Waals surface area contributed by atoms with Crippen LogP contribution in [0.15, 0.2) is 72.8 Å². The summed E-state index contributed by atoms with van der Waals surface area (Å²) < 4.78 is 24.5. The standard InChI is InChI=1S/C24H23FN2O3/c1-27(16-17-7-12-21-22(15-17)30-14-13-29-21)23(18-5-3-2-4-6-18)24(28)26-20-10-8-19(25)9-11-20/h2-12,15,23H,13-14,16H2,1H3,(H,26,28).